The molecule has 1 atom stereocenters. The number of aliphatic hydroxyl groups excluding tert-OH is 1. The van der Waals surface area contributed by atoms with Crippen molar-refractivity contribution >= 4 is 37.6 Å². The van der Waals surface area contributed by atoms with Crippen molar-refractivity contribution in [1.29, 1.82) is 0 Å². The molecule has 1 aromatic carbocycles. The number of phenolic OH excluding ortho intramolecular Hbond substituents is 1. The number of nitrogens with zero attached hydrogens (tertiary/aromatic N) is 2. The number of aromatic hydroxyl groups is 1. The zero-order chi connectivity index (χ0) is 16.7. The van der Waals surface area contributed by atoms with Crippen LogP contribution in [0.3, 0.4) is 0 Å². The maximum atomic E-state index is 13.0. The lowest BCUT2D eigenvalue weighted by atomic mass is 10.0. The third-order valence-corrected chi connectivity index (χ3v) is 5.26. The van der Waals surface area contributed by atoms with Gasteiger partial charge in [0.15, 0.2) is 0 Å². The Morgan fingerprint density at radius 3 is 2.65 bits per heavy atom. The smallest absolute Gasteiger partial charge is 0.211 e. The lowest BCUT2D eigenvalue weighted by molar-refractivity contribution is 0.101. The van der Waals surface area contributed by atoms with Crippen molar-refractivity contribution in [1.82, 2.24) is 9.55 Å². The van der Waals surface area contributed by atoms with E-state index in [0.717, 1.165) is 11.5 Å². The molecule has 0 saturated heterocycles. The average Bonchev–Trinajstić information content (AvgIpc) is 2.88. The molecule has 0 bridgehead atoms. The van der Waals surface area contributed by atoms with Crippen molar-refractivity contribution in [2.75, 3.05) is 0 Å². The van der Waals surface area contributed by atoms with Crippen LogP contribution in [0.15, 0.2) is 21.1 Å². The molecule has 1 aliphatic heterocycles. The summed E-state index contributed by atoms with van der Waals surface area (Å²) in [6, 6.07) is 3.22. The minimum absolute atomic E-state index is 0.0655. The SMILES string of the molecule is CCc1nc2n(c1C(=O)c1cc(Br)c(O)c(Br)c1)CCC(O)C2. The van der Waals surface area contributed by atoms with Gasteiger partial charge in [0.1, 0.15) is 17.3 Å². The van der Waals surface area contributed by atoms with Gasteiger partial charge in [0, 0.05) is 18.5 Å². The maximum Gasteiger partial charge on any atom is 0.211 e. The molecule has 3 rings (SSSR count). The Labute approximate surface area is 150 Å². The standard InChI is InChI=1S/C16H16Br2N2O3/c1-2-12-14(20-4-3-9(21)7-13(20)19-12)15(22)8-5-10(17)16(23)11(18)6-8/h5-6,9,21,23H,2-4,7H2,1H3. The van der Waals surface area contributed by atoms with Gasteiger partial charge in [0.2, 0.25) is 5.78 Å². The van der Waals surface area contributed by atoms with Crippen LogP contribution in [-0.2, 0) is 19.4 Å². The molecule has 122 valence electrons. The maximum absolute atomic E-state index is 13.0. The number of fused-ring (bicyclic) bond motifs is 1. The fraction of sp³-hybridized carbons (Fsp3) is 0.375. The third-order valence-electron chi connectivity index (χ3n) is 4.05. The van der Waals surface area contributed by atoms with Gasteiger partial charge in [-0.25, -0.2) is 4.98 Å². The summed E-state index contributed by atoms with van der Waals surface area (Å²) >= 11 is 6.52. The van der Waals surface area contributed by atoms with E-state index in [-0.39, 0.29) is 11.5 Å². The molecule has 5 nitrogen and oxygen atoms in total. The molecule has 0 spiro atoms. The fourth-order valence-corrected chi connectivity index (χ4v) is 4.06. The van der Waals surface area contributed by atoms with Crippen LogP contribution < -0.4 is 0 Å². The highest BCUT2D eigenvalue weighted by Gasteiger charge is 2.27. The number of hydrogen-bond donors (Lipinski definition) is 2. The van der Waals surface area contributed by atoms with Crippen LogP contribution in [0.4, 0.5) is 0 Å². The predicted octanol–water partition coefficient (Wildman–Crippen LogP) is 3.21. The molecular formula is C16H16Br2N2O3. The van der Waals surface area contributed by atoms with Gasteiger partial charge in [0.25, 0.3) is 0 Å². The normalized spacial score (nSPS) is 17.1. The number of halogens is 2. The molecule has 1 aromatic heterocycles. The lowest BCUT2D eigenvalue weighted by Crippen LogP contribution is -2.25. The number of carbonyl (C=O) groups excluding carboxylic acids is 1. The largest absolute Gasteiger partial charge is 0.506 e. The molecule has 2 heterocycles. The Morgan fingerprint density at radius 2 is 2.04 bits per heavy atom. The van der Waals surface area contributed by atoms with E-state index in [4.69, 9.17) is 0 Å². The van der Waals surface area contributed by atoms with Gasteiger partial charge >= 0.3 is 0 Å². The molecular weight excluding hydrogens is 428 g/mol. The van der Waals surface area contributed by atoms with Crippen molar-refractivity contribution in [3.05, 3.63) is 43.9 Å². The summed E-state index contributed by atoms with van der Waals surface area (Å²) in [7, 11) is 0. The van der Waals surface area contributed by atoms with E-state index in [1.165, 1.54) is 0 Å². The second-order valence-corrected chi connectivity index (χ2v) is 7.30. The molecule has 1 unspecified atom stereocenters. The van der Waals surface area contributed by atoms with E-state index in [9.17, 15) is 15.0 Å². The highest BCUT2D eigenvalue weighted by atomic mass is 79.9. The summed E-state index contributed by atoms with van der Waals surface area (Å²) in [6.45, 7) is 2.55. The van der Waals surface area contributed by atoms with Crippen LogP contribution in [0.1, 0.15) is 40.9 Å². The number of aryl methyl sites for hydroxylation is 1. The number of ketones is 1. The topological polar surface area (TPSA) is 75.4 Å². The molecule has 0 saturated carbocycles. The Morgan fingerprint density at radius 1 is 1.39 bits per heavy atom. The van der Waals surface area contributed by atoms with Gasteiger partial charge in [-0.3, -0.25) is 4.79 Å². The average molecular weight is 444 g/mol. The molecule has 0 fully saturated rings. The molecule has 0 radical (unpaired) electrons. The molecule has 0 amide bonds. The van der Waals surface area contributed by atoms with Gasteiger partial charge in [-0.15, -0.1) is 0 Å². The van der Waals surface area contributed by atoms with Crippen molar-refractivity contribution in [3.63, 3.8) is 0 Å². The first-order valence-electron chi connectivity index (χ1n) is 7.41. The van der Waals surface area contributed by atoms with Gasteiger partial charge < -0.3 is 14.8 Å². The molecule has 7 heteroatoms. The van der Waals surface area contributed by atoms with E-state index in [0.29, 0.717) is 46.0 Å². The number of carbonyl (C=O) groups is 1. The van der Waals surface area contributed by atoms with Crippen LogP contribution in [0.2, 0.25) is 0 Å². The molecule has 1 aliphatic rings. The van der Waals surface area contributed by atoms with Crippen LogP contribution >= 0.6 is 31.9 Å². The summed E-state index contributed by atoms with van der Waals surface area (Å²) in [4.78, 5) is 17.5. The first-order chi connectivity index (χ1) is 10.9. The number of phenols is 1. The zero-order valence-corrected chi connectivity index (χ0v) is 15.7. The quantitative estimate of drug-likeness (QED) is 0.714. The van der Waals surface area contributed by atoms with Crippen molar-refractivity contribution in [2.45, 2.75) is 38.8 Å². The second-order valence-electron chi connectivity index (χ2n) is 5.59. The Balaban J connectivity index is 2.10. The molecule has 23 heavy (non-hydrogen) atoms. The minimum Gasteiger partial charge on any atom is -0.506 e. The number of aliphatic hydroxyl groups is 1. The molecule has 2 aromatic rings. The van der Waals surface area contributed by atoms with Gasteiger partial charge in [0.05, 0.1) is 20.7 Å². The Bertz CT molecular complexity index is 763. The minimum atomic E-state index is -0.394. The number of rotatable bonds is 3. The Kier molecular flexibility index (Phi) is 4.62. The lowest BCUT2D eigenvalue weighted by Gasteiger charge is -2.20. The number of benzene rings is 1. The summed E-state index contributed by atoms with van der Waals surface area (Å²) in [5.41, 5.74) is 1.81. The van der Waals surface area contributed by atoms with Crippen molar-refractivity contribution < 1.29 is 15.0 Å². The van der Waals surface area contributed by atoms with Gasteiger partial charge in [-0.05, 0) is 56.8 Å². The first-order valence-corrected chi connectivity index (χ1v) is 9.00. The molecule has 0 aliphatic carbocycles. The van der Waals surface area contributed by atoms with Crippen LogP contribution in [-0.4, -0.2) is 31.7 Å². The number of hydrogen-bond acceptors (Lipinski definition) is 4. The monoisotopic (exact) mass is 442 g/mol. The van der Waals surface area contributed by atoms with Crippen LogP contribution in [0.25, 0.3) is 0 Å². The summed E-state index contributed by atoms with van der Waals surface area (Å²) < 4.78 is 2.84. The van der Waals surface area contributed by atoms with E-state index < -0.39 is 6.10 Å². The highest BCUT2D eigenvalue weighted by Crippen LogP contribution is 2.34. The highest BCUT2D eigenvalue weighted by molar-refractivity contribution is 9.11. The number of imidazole rings is 1. The predicted molar refractivity (Wildman–Crippen MR) is 92.9 cm³/mol. The first kappa shape index (κ1) is 16.7. The van der Waals surface area contributed by atoms with Crippen LogP contribution in [0, 0.1) is 0 Å². The second kappa shape index (κ2) is 6.37. The molecule has 2 N–H and O–H groups in total. The number of aromatic nitrogens is 2. The van der Waals surface area contributed by atoms with Crippen LogP contribution in [0.5, 0.6) is 5.75 Å². The third kappa shape index (κ3) is 2.97. The Hall–Kier alpha value is -1.18. The zero-order valence-electron chi connectivity index (χ0n) is 12.5. The fourth-order valence-electron chi connectivity index (χ4n) is 2.88. The van der Waals surface area contributed by atoms with Gasteiger partial charge in [-0.1, -0.05) is 6.92 Å². The van der Waals surface area contributed by atoms with Crippen molar-refractivity contribution in [2.24, 2.45) is 0 Å². The summed E-state index contributed by atoms with van der Waals surface area (Å²) in [5.74, 6) is 0.704. The van der Waals surface area contributed by atoms with Crippen molar-refractivity contribution in [3.8, 4) is 5.75 Å². The summed E-state index contributed by atoms with van der Waals surface area (Å²) in [6.07, 6.45) is 1.35. The summed E-state index contributed by atoms with van der Waals surface area (Å²) in [5, 5.41) is 19.6. The van der Waals surface area contributed by atoms with Gasteiger partial charge in [-0.2, -0.15) is 0 Å². The van der Waals surface area contributed by atoms with E-state index in [2.05, 4.69) is 36.8 Å². The van der Waals surface area contributed by atoms with E-state index >= 15 is 0 Å². The van der Waals surface area contributed by atoms with E-state index in [1.54, 1.807) is 12.1 Å². The van der Waals surface area contributed by atoms with E-state index in [1.807, 2.05) is 11.5 Å².